The zero-order chi connectivity index (χ0) is 17.5. The van der Waals surface area contributed by atoms with Crippen LogP contribution >= 0.6 is 0 Å². The summed E-state index contributed by atoms with van der Waals surface area (Å²) in [6, 6.07) is 16.6. The minimum atomic E-state index is -0.598. The van der Waals surface area contributed by atoms with E-state index >= 15 is 0 Å². The average Bonchev–Trinajstić information content (AvgIpc) is 3.15. The van der Waals surface area contributed by atoms with E-state index in [9.17, 15) is 4.79 Å². The van der Waals surface area contributed by atoms with E-state index in [2.05, 4.69) is 5.32 Å². The van der Waals surface area contributed by atoms with Crippen LogP contribution < -0.4 is 14.8 Å². The molecular formula is C20H23NO4. The van der Waals surface area contributed by atoms with Crippen molar-refractivity contribution in [3.05, 3.63) is 54.6 Å². The second kappa shape index (κ2) is 8.53. The molecule has 1 N–H and O–H groups in total. The maximum Gasteiger partial charge on any atom is 0.265 e. The first kappa shape index (κ1) is 17.3. The molecule has 5 nitrogen and oxygen atoms in total. The molecule has 0 saturated carbocycles. The van der Waals surface area contributed by atoms with Gasteiger partial charge in [0.25, 0.3) is 5.91 Å². The summed E-state index contributed by atoms with van der Waals surface area (Å²) in [5.74, 6) is 1.17. The molecule has 0 unspecified atom stereocenters. The van der Waals surface area contributed by atoms with Gasteiger partial charge < -0.3 is 19.5 Å². The van der Waals surface area contributed by atoms with E-state index in [-0.39, 0.29) is 12.0 Å². The topological polar surface area (TPSA) is 56.8 Å². The van der Waals surface area contributed by atoms with Gasteiger partial charge in [-0.1, -0.05) is 24.3 Å². The maximum absolute atomic E-state index is 12.3. The number of amides is 1. The van der Waals surface area contributed by atoms with E-state index in [0.29, 0.717) is 23.8 Å². The second-order valence-electron chi connectivity index (χ2n) is 6.04. The minimum absolute atomic E-state index is 0.164. The Kier molecular flexibility index (Phi) is 5.90. The van der Waals surface area contributed by atoms with E-state index < -0.39 is 6.10 Å². The molecule has 2 aromatic carbocycles. The van der Waals surface area contributed by atoms with Crippen molar-refractivity contribution in [1.29, 1.82) is 0 Å². The van der Waals surface area contributed by atoms with Crippen LogP contribution in [0.2, 0.25) is 0 Å². The summed E-state index contributed by atoms with van der Waals surface area (Å²) in [6.07, 6.45) is 1.69. The van der Waals surface area contributed by atoms with Crippen LogP contribution in [0.1, 0.15) is 19.8 Å². The van der Waals surface area contributed by atoms with Crippen molar-refractivity contribution in [1.82, 2.24) is 0 Å². The Balaban J connectivity index is 1.52. The highest BCUT2D eigenvalue weighted by Crippen LogP contribution is 2.20. The zero-order valence-electron chi connectivity index (χ0n) is 14.3. The highest BCUT2D eigenvalue weighted by molar-refractivity contribution is 5.94. The van der Waals surface area contributed by atoms with Crippen LogP contribution in [0.3, 0.4) is 0 Å². The highest BCUT2D eigenvalue weighted by Gasteiger charge is 2.17. The predicted molar refractivity (Wildman–Crippen MR) is 96.1 cm³/mol. The van der Waals surface area contributed by atoms with Gasteiger partial charge in [-0.05, 0) is 44.0 Å². The van der Waals surface area contributed by atoms with Crippen molar-refractivity contribution >= 4 is 11.6 Å². The van der Waals surface area contributed by atoms with Gasteiger partial charge in [0.1, 0.15) is 18.1 Å². The Morgan fingerprint density at radius 1 is 1.20 bits per heavy atom. The summed E-state index contributed by atoms with van der Waals surface area (Å²) in [5, 5.41) is 2.86. The molecule has 25 heavy (non-hydrogen) atoms. The van der Waals surface area contributed by atoms with Gasteiger partial charge in [-0.25, -0.2) is 0 Å². The zero-order valence-corrected chi connectivity index (χ0v) is 14.3. The number of hydrogen-bond acceptors (Lipinski definition) is 4. The first-order valence-electron chi connectivity index (χ1n) is 8.58. The number of anilines is 1. The smallest absolute Gasteiger partial charge is 0.265 e. The fourth-order valence-electron chi connectivity index (χ4n) is 2.63. The van der Waals surface area contributed by atoms with Gasteiger partial charge >= 0.3 is 0 Å². The number of hydrogen-bond donors (Lipinski definition) is 1. The third-order valence-corrected chi connectivity index (χ3v) is 3.99. The van der Waals surface area contributed by atoms with Crippen molar-refractivity contribution < 1.29 is 19.0 Å². The van der Waals surface area contributed by atoms with Crippen LogP contribution in [0.5, 0.6) is 11.5 Å². The number of carbonyl (C=O) groups excluding carboxylic acids is 1. The lowest BCUT2D eigenvalue weighted by Gasteiger charge is -2.15. The summed E-state index contributed by atoms with van der Waals surface area (Å²) in [5.41, 5.74) is 0.679. The van der Waals surface area contributed by atoms with Crippen LogP contribution in [-0.4, -0.2) is 31.3 Å². The molecular weight excluding hydrogens is 318 g/mol. The number of ether oxygens (including phenoxy) is 3. The predicted octanol–water partition coefficient (Wildman–Crippen LogP) is 3.65. The summed E-state index contributed by atoms with van der Waals surface area (Å²) in [7, 11) is 0. The van der Waals surface area contributed by atoms with E-state index in [1.807, 2.05) is 54.6 Å². The van der Waals surface area contributed by atoms with Gasteiger partial charge in [0.15, 0.2) is 6.10 Å². The van der Waals surface area contributed by atoms with E-state index in [4.69, 9.17) is 14.2 Å². The Morgan fingerprint density at radius 3 is 2.76 bits per heavy atom. The quantitative estimate of drug-likeness (QED) is 0.835. The molecule has 0 aliphatic carbocycles. The van der Waals surface area contributed by atoms with Gasteiger partial charge in [-0.2, -0.15) is 0 Å². The van der Waals surface area contributed by atoms with Gasteiger partial charge in [-0.3, -0.25) is 4.79 Å². The lowest BCUT2D eigenvalue weighted by molar-refractivity contribution is -0.122. The molecule has 2 aromatic rings. The Labute approximate surface area is 147 Å². The lowest BCUT2D eigenvalue weighted by Crippen LogP contribution is -2.30. The summed E-state index contributed by atoms with van der Waals surface area (Å²) in [6.45, 7) is 3.06. The fourth-order valence-corrected chi connectivity index (χ4v) is 2.63. The average molecular weight is 341 g/mol. The maximum atomic E-state index is 12.3. The molecule has 1 heterocycles. The van der Waals surface area contributed by atoms with Gasteiger partial charge in [0, 0.05) is 18.4 Å². The molecule has 3 rings (SSSR count). The van der Waals surface area contributed by atoms with Crippen LogP contribution in [0.4, 0.5) is 5.69 Å². The first-order chi connectivity index (χ1) is 12.2. The molecule has 0 radical (unpaired) electrons. The Hall–Kier alpha value is -2.53. The number of nitrogens with one attached hydrogen (secondary N) is 1. The van der Waals surface area contributed by atoms with Crippen molar-refractivity contribution in [2.45, 2.75) is 32.0 Å². The molecule has 1 saturated heterocycles. The Bertz CT molecular complexity index is 683. The van der Waals surface area contributed by atoms with Crippen molar-refractivity contribution in [2.75, 3.05) is 18.5 Å². The Morgan fingerprint density at radius 2 is 2.00 bits per heavy atom. The van der Waals surface area contributed by atoms with Crippen molar-refractivity contribution in [3.63, 3.8) is 0 Å². The third kappa shape index (κ3) is 5.22. The lowest BCUT2D eigenvalue weighted by atomic mass is 10.2. The largest absolute Gasteiger partial charge is 0.491 e. The van der Waals surface area contributed by atoms with Crippen molar-refractivity contribution in [2.24, 2.45) is 0 Å². The van der Waals surface area contributed by atoms with E-state index in [1.165, 1.54) is 0 Å². The number of carbonyl (C=O) groups is 1. The SMILES string of the molecule is C[C@@H](Oc1ccccc1)C(=O)Nc1cccc(OC[C@H]2CCCO2)c1. The van der Waals surface area contributed by atoms with Crippen LogP contribution in [0, 0.1) is 0 Å². The second-order valence-corrected chi connectivity index (χ2v) is 6.04. The standard InChI is InChI=1S/C20H23NO4/c1-15(25-17-8-3-2-4-9-17)20(22)21-16-7-5-10-18(13-16)24-14-19-11-6-12-23-19/h2-5,7-10,13,15,19H,6,11-12,14H2,1H3,(H,21,22)/t15-,19-/m1/s1. The summed E-state index contributed by atoms with van der Waals surface area (Å²) in [4.78, 5) is 12.3. The number of rotatable bonds is 7. The molecule has 2 atom stereocenters. The highest BCUT2D eigenvalue weighted by atomic mass is 16.5. The molecule has 0 spiro atoms. The molecule has 1 fully saturated rings. The van der Waals surface area contributed by atoms with Gasteiger partial charge in [0.05, 0.1) is 6.10 Å². The molecule has 132 valence electrons. The molecule has 1 aliphatic heterocycles. The molecule has 1 amide bonds. The summed E-state index contributed by atoms with van der Waals surface area (Å²) >= 11 is 0. The van der Waals surface area contributed by atoms with Crippen LogP contribution in [-0.2, 0) is 9.53 Å². The van der Waals surface area contributed by atoms with E-state index in [0.717, 1.165) is 19.4 Å². The number of para-hydroxylation sites is 1. The van der Waals surface area contributed by atoms with Gasteiger partial charge in [0.2, 0.25) is 0 Å². The number of benzene rings is 2. The third-order valence-electron chi connectivity index (χ3n) is 3.99. The normalized spacial score (nSPS) is 17.7. The summed E-state index contributed by atoms with van der Waals surface area (Å²) < 4.78 is 16.9. The van der Waals surface area contributed by atoms with Crippen LogP contribution in [0.15, 0.2) is 54.6 Å². The molecule has 5 heteroatoms. The van der Waals surface area contributed by atoms with Gasteiger partial charge in [-0.15, -0.1) is 0 Å². The fraction of sp³-hybridized carbons (Fsp3) is 0.350. The van der Waals surface area contributed by atoms with E-state index in [1.54, 1.807) is 6.92 Å². The monoisotopic (exact) mass is 341 g/mol. The molecule has 1 aliphatic rings. The minimum Gasteiger partial charge on any atom is -0.491 e. The first-order valence-corrected chi connectivity index (χ1v) is 8.58. The van der Waals surface area contributed by atoms with Crippen molar-refractivity contribution in [3.8, 4) is 11.5 Å². The molecule has 0 bridgehead atoms. The van der Waals surface area contributed by atoms with Crippen LogP contribution in [0.25, 0.3) is 0 Å². The molecule has 0 aromatic heterocycles.